The molecule has 30 heavy (non-hydrogen) atoms. The van der Waals surface area contributed by atoms with E-state index in [2.05, 4.69) is 32.9 Å². The number of carbonyl (C=O) groups is 2. The Morgan fingerprint density at radius 2 is 1.60 bits per heavy atom. The molecule has 1 aliphatic rings. The van der Waals surface area contributed by atoms with Gasteiger partial charge in [0, 0.05) is 6.42 Å². The number of carbonyl (C=O) groups excluding carboxylic acids is 2. The van der Waals surface area contributed by atoms with Gasteiger partial charge in [-0.2, -0.15) is 0 Å². The van der Waals surface area contributed by atoms with Crippen LogP contribution < -0.4 is 0 Å². The number of hydrogen-bond acceptors (Lipinski definition) is 4. The summed E-state index contributed by atoms with van der Waals surface area (Å²) in [6.45, 7) is 12.6. The molecule has 2 rings (SSSR count). The van der Waals surface area contributed by atoms with Crippen LogP contribution in [0.1, 0.15) is 88.0 Å². The van der Waals surface area contributed by atoms with Crippen LogP contribution in [-0.2, 0) is 25.5 Å². The maximum atomic E-state index is 13.0. The van der Waals surface area contributed by atoms with E-state index in [-0.39, 0.29) is 18.4 Å². The lowest BCUT2D eigenvalue weighted by Gasteiger charge is -2.42. The third-order valence-corrected chi connectivity index (χ3v) is 6.61. The smallest absolute Gasteiger partial charge is 0.350 e. The van der Waals surface area contributed by atoms with E-state index < -0.39 is 5.60 Å². The summed E-state index contributed by atoms with van der Waals surface area (Å²) in [6.07, 6.45) is 6.68. The number of ether oxygens (including phenoxy) is 2. The van der Waals surface area contributed by atoms with Gasteiger partial charge in [0.2, 0.25) is 5.60 Å². The lowest BCUT2D eigenvalue weighted by molar-refractivity contribution is -0.190. The average molecular weight is 417 g/mol. The molecule has 168 valence electrons. The second-order valence-corrected chi connectivity index (χ2v) is 9.08. The van der Waals surface area contributed by atoms with Crippen molar-refractivity contribution in [2.24, 2.45) is 11.8 Å². The van der Waals surface area contributed by atoms with E-state index in [9.17, 15) is 9.59 Å². The van der Waals surface area contributed by atoms with Crippen LogP contribution in [0.15, 0.2) is 12.1 Å². The van der Waals surface area contributed by atoms with Gasteiger partial charge >= 0.3 is 11.9 Å². The van der Waals surface area contributed by atoms with Gasteiger partial charge in [-0.25, -0.2) is 4.79 Å². The molecule has 0 aromatic heterocycles. The third-order valence-electron chi connectivity index (χ3n) is 6.61. The monoisotopic (exact) mass is 416 g/mol. The fourth-order valence-corrected chi connectivity index (χ4v) is 5.28. The Morgan fingerprint density at radius 3 is 2.17 bits per heavy atom. The highest BCUT2D eigenvalue weighted by Crippen LogP contribution is 2.44. The molecule has 0 radical (unpaired) electrons. The van der Waals surface area contributed by atoms with Gasteiger partial charge in [-0.15, -0.1) is 0 Å². The molecule has 1 aromatic carbocycles. The molecule has 0 spiro atoms. The predicted octanol–water partition coefficient (Wildman–Crippen LogP) is 6.02. The van der Waals surface area contributed by atoms with Crippen molar-refractivity contribution in [3.8, 4) is 0 Å². The summed E-state index contributed by atoms with van der Waals surface area (Å²) in [6, 6.07) is 4.17. The van der Waals surface area contributed by atoms with E-state index >= 15 is 0 Å². The Bertz CT molecular complexity index is 716. The number of aryl methyl sites for hydroxylation is 3. The zero-order valence-corrected chi connectivity index (χ0v) is 19.8. The van der Waals surface area contributed by atoms with E-state index in [1.807, 2.05) is 13.8 Å². The molecule has 3 unspecified atom stereocenters. The fraction of sp³-hybridized carbons (Fsp3) is 0.692. The lowest BCUT2D eigenvalue weighted by Crippen LogP contribution is -2.50. The first-order chi connectivity index (χ1) is 14.3. The molecule has 0 amide bonds. The van der Waals surface area contributed by atoms with Crippen LogP contribution in [0, 0.1) is 32.6 Å². The van der Waals surface area contributed by atoms with Crippen LogP contribution in [0.25, 0.3) is 0 Å². The fourth-order valence-electron chi connectivity index (χ4n) is 5.28. The molecule has 0 saturated heterocycles. The Balaban J connectivity index is 2.25. The maximum absolute atomic E-state index is 13.0. The first-order valence-corrected chi connectivity index (χ1v) is 11.7. The summed E-state index contributed by atoms with van der Waals surface area (Å²) in [5, 5.41) is 0. The van der Waals surface area contributed by atoms with E-state index in [0.717, 1.165) is 42.4 Å². The molecule has 0 N–H and O–H groups in total. The van der Waals surface area contributed by atoms with Gasteiger partial charge in [-0.05, 0) is 69.1 Å². The summed E-state index contributed by atoms with van der Waals surface area (Å²) in [5.41, 5.74) is 3.22. The van der Waals surface area contributed by atoms with Crippen molar-refractivity contribution in [1.29, 1.82) is 0 Å². The highest BCUT2D eigenvalue weighted by molar-refractivity contribution is 5.84. The largest absolute Gasteiger partial charge is 0.463 e. The second-order valence-electron chi connectivity index (χ2n) is 9.08. The van der Waals surface area contributed by atoms with Crippen molar-refractivity contribution >= 4 is 11.9 Å². The van der Waals surface area contributed by atoms with Gasteiger partial charge < -0.3 is 9.47 Å². The highest BCUT2D eigenvalue weighted by atomic mass is 16.6. The molecule has 1 fully saturated rings. The zero-order chi connectivity index (χ0) is 22.3. The first-order valence-electron chi connectivity index (χ1n) is 11.7. The lowest BCUT2D eigenvalue weighted by atomic mass is 9.68. The van der Waals surface area contributed by atoms with E-state index in [1.165, 1.54) is 12.0 Å². The van der Waals surface area contributed by atoms with Crippen molar-refractivity contribution in [2.45, 2.75) is 98.5 Å². The Hall–Kier alpha value is -1.84. The van der Waals surface area contributed by atoms with Crippen molar-refractivity contribution in [3.05, 3.63) is 34.4 Å². The Kier molecular flexibility index (Phi) is 8.93. The van der Waals surface area contributed by atoms with Gasteiger partial charge in [-0.3, -0.25) is 4.79 Å². The highest BCUT2D eigenvalue weighted by Gasteiger charge is 2.49. The molecule has 0 aliphatic heterocycles. The van der Waals surface area contributed by atoms with Gasteiger partial charge in [0.15, 0.2) is 0 Å². The number of benzene rings is 1. The molecular weight excluding hydrogens is 376 g/mol. The number of rotatable bonds is 9. The van der Waals surface area contributed by atoms with Crippen molar-refractivity contribution in [2.75, 3.05) is 6.61 Å². The number of hydrogen-bond donors (Lipinski definition) is 0. The van der Waals surface area contributed by atoms with Crippen LogP contribution >= 0.6 is 0 Å². The summed E-state index contributed by atoms with van der Waals surface area (Å²) >= 11 is 0. The normalized spacial score (nSPS) is 23.8. The summed E-state index contributed by atoms with van der Waals surface area (Å²) < 4.78 is 11.4. The minimum absolute atomic E-state index is 0.190. The molecule has 3 atom stereocenters. The van der Waals surface area contributed by atoms with Crippen molar-refractivity contribution in [3.63, 3.8) is 0 Å². The van der Waals surface area contributed by atoms with Crippen LogP contribution in [0.3, 0.4) is 0 Å². The van der Waals surface area contributed by atoms with Crippen LogP contribution in [0.5, 0.6) is 0 Å². The molecule has 1 aromatic rings. The summed E-state index contributed by atoms with van der Waals surface area (Å²) in [5.74, 6) is 0.288. The van der Waals surface area contributed by atoms with Gasteiger partial charge in [0.05, 0.1) is 13.0 Å². The third kappa shape index (κ3) is 5.86. The van der Waals surface area contributed by atoms with E-state index in [4.69, 9.17) is 9.47 Å². The molecule has 4 heteroatoms. The molecular formula is C26H40O4. The predicted molar refractivity (Wildman–Crippen MR) is 120 cm³/mol. The first kappa shape index (κ1) is 24.4. The second kappa shape index (κ2) is 11.0. The van der Waals surface area contributed by atoms with Crippen LogP contribution in [0.4, 0.5) is 0 Å². The van der Waals surface area contributed by atoms with Crippen LogP contribution in [-0.4, -0.2) is 24.1 Å². The standard InChI is InChI=1S/C26H40O4/c1-7-10-21-12-13-26(25(28)29-9-3,17-22(21)11-8-2)30-24(27)16-23-19(5)14-18(4)15-20(23)6/h14-15,21-22H,7-13,16-17H2,1-6H3. The molecule has 1 aliphatic carbocycles. The van der Waals surface area contributed by atoms with Crippen molar-refractivity contribution in [1.82, 2.24) is 0 Å². The van der Waals surface area contributed by atoms with Crippen LogP contribution in [0.2, 0.25) is 0 Å². The minimum Gasteiger partial charge on any atom is -0.463 e. The molecule has 4 nitrogen and oxygen atoms in total. The Morgan fingerprint density at radius 1 is 1.00 bits per heavy atom. The van der Waals surface area contributed by atoms with E-state index in [0.29, 0.717) is 31.3 Å². The quantitative estimate of drug-likeness (QED) is 0.462. The zero-order valence-electron chi connectivity index (χ0n) is 19.8. The molecule has 0 heterocycles. The maximum Gasteiger partial charge on any atom is 0.350 e. The average Bonchev–Trinajstić information content (AvgIpc) is 2.67. The number of esters is 2. The summed E-state index contributed by atoms with van der Waals surface area (Å²) in [7, 11) is 0. The molecule has 0 bridgehead atoms. The Labute approximate surface area is 182 Å². The SMILES string of the molecule is CCCC1CCC(OC(=O)Cc2c(C)cc(C)cc2C)(C(=O)OCC)CC1CCC. The van der Waals surface area contributed by atoms with Gasteiger partial charge in [0.25, 0.3) is 0 Å². The van der Waals surface area contributed by atoms with Gasteiger partial charge in [0.1, 0.15) is 0 Å². The summed E-state index contributed by atoms with van der Waals surface area (Å²) in [4.78, 5) is 26.0. The van der Waals surface area contributed by atoms with E-state index in [1.54, 1.807) is 6.92 Å². The van der Waals surface area contributed by atoms with Crippen molar-refractivity contribution < 1.29 is 19.1 Å². The topological polar surface area (TPSA) is 52.6 Å². The molecule has 1 saturated carbocycles. The van der Waals surface area contributed by atoms with Gasteiger partial charge in [-0.1, -0.05) is 57.2 Å². The minimum atomic E-state index is -1.14.